The zero-order valence-corrected chi connectivity index (χ0v) is 47.3. The van der Waals surface area contributed by atoms with Gasteiger partial charge in [-0.1, -0.05) is 240 Å². The first-order chi connectivity index (χ1) is 34.5. The fourth-order valence-electron chi connectivity index (χ4n) is 7.76. The second kappa shape index (κ2) is 52.1. The molecule has 0 bridgehead atoms. The Kier molecular flexibility index (Phi) is 50.0. The molecule has 0 heterocycles. The van der Waals surface area contributed by atoms with E-state index in [1.165, 1.54) is 122 Å². The van der Waals surface area contributed by atoms with Crippen LogP contribution in [0.4, 0.5) is 0 Å². The quantitative estimate of drug-likeness (QED) is 0.0211. The first-order valence-corrected chi connectivity index (χ1v) is 30.3. The van der Waals surface area contributed by atoms with Crippen LogP contribution < -0.4 is 0 Å². The van der Waals surface area contributed by atoms with Crippen molar-refractivity contribution in [3.05, 3.63) is 85.1 Å². The number of hydrogen-bond acceptors (Lipinski definition) is 7. The first-order valence-electron chi connectivity index (χ1n) is 28.8. The maximum Gasteiger partial charge on any atom is 0.472 e. The van der Waals surface area contributed by atoms with Gasteiger partial charge < -0.3 is 18.9 Å². The highest BCUT2D eigenvalue weighted by Crippen LogP contribution is 2.43. The van der Waals surface area contributed by atoms with Gasteiger partial charge in [-0.2, -0.15) is 0 Å². The summed E-state index contributed by atoms with van der Waals surface area (Å²) >= 11 is 0. The molecule has 0 aliphatic heterocycles. The molecule has 0 aliphatic rings. The molecule has 410 valence electrons. The monoisotopic (exact) mass is 1010 g/mol. The zero-order valence-electron chi connectivity index (χ0n) is 46.4. The number of esters is 2. The van der Waals surface area contributed by atoms with E-state index in [9.17, 15) is 19.0 Å². The summed E-state index contributed by atoms with van der Waals surface area (Å²) in [6, 6.07) is 0. The highest BCUT2D eigenvalue weighted by atomic mass is 31.2. The zero-order chi connectivity index (χ0) is 52.0. The van der Waals surface area contributed by atoms with E-state index >= 15 is 0 Å². The van der Waals surface area contributed by atoms with E-state index in [1.54, 1.807) is 0 Å². The van der Waals surface area contributed by atoms with E-state index in [2.05, 4.69) is 98.9 Å². The average molecular weight is 1020 g/mol. The fraction of sp³-hybridized carbons (Fsp3) is 0.738. The van der Waals surface area contributed by atoms with Gasteiger partial charge in [-0.05, 0) is 70.6 Å². The van der Waals surface area contributed by atoms with E-state index in [0.717, 1.165) is 83.5 Å². The van der Waals surface area contributed by atoms with Crippen molar-refractivity contribution in [1.29, 1.82) is 0 Å². The standard InChI is InChI=1S/C61H108NO8P/c1-6-8-10-12-14-15-16-17-18-19-20-21-22-23-24-25-26-27-28-29-30-31-32-33-34-35-36-37-38-39-40-41-42-43-44-45-46-47-48-50-52-54-61(64)70-59(57-67-60(63)53-51-49-13-11-9-7-2)58-69-71(65,66)68-56-55-62(3,4)5/h8,10,14-15,17-18,20-21,23-24,26-27,29-30,59H,6-7,9,11-13,16,19,22,25,28,31-58H2,1-5H3/p+1/b10-8-,15-14-,18-17-,21-20-,24-23-,27-26-,30-29-. The van der Waals surface area contributed by atoms with E-state index < -0.39 is 26.5 Å². The summed E-state index contributed by atoms with van der Waals surface area (Å²) in [5, 5.41) is 0. The highest BCUT2D eigenvalue weighted by molar-refractivity contribution is 7.47. The number of hydrogen-bond donors (Lipinski definition) is 1. The molecule has 0 rings (SSSR count). The minimum Gasteiger partial charge on any atom is -0.462 e. The van der Waals surface area contributed by atoms with Crippen LogP contribution in [-0.2, 0) is 32.7 Å². The van der Waals surface area contributed by atoms with Gasteiger partial charge in [0.25, 0.3) is 0 Å². The Morgan fingerprint density at radius 3 is 1.20 bits per heavy atom. The van der Waals surface area contributed by atoms with Gasteiger partial charge in [0.05, 0.1) is 27.7 Å². The largest absolute Gasteiger partial charge is 0.472 e. The van der Waals surface area contributed by atoms with Gasteiger partial charge in [0, 0.05) is 12.8 Å². The van der Waals surface area contributed by atoms with Crippen LogP contribution in [0.5, 0.6) is 0 Å². The molecule has 0 aromatic carbocycles. The molecular weight excluding hydrogens is 906 g/mol. The maximum atomic E-state index is 12.7. The lowest BCUT2D eigenvalue weighted by Gasteiger charge is -2.24. The van der Waals surface area contributed by atoms with Crippen LogP contribution in [0.25, 0.3) is 0 Å². The molecule has 0 aromatic rings. The summed E-state index contributed by atoms with van der Waals surface area (Å²) in [6.07, 6.45) is 70.1. The predicted molar refractivity (Wildman–Crippen MR) is 302 cm³/mol. The van der Waals surface area contributed by atoms with E-state index in [1.807, 2.05) is 21.1 Å². The minimum atomic E-state index is -4.37. The third kappa shape index (κ3) is 56.3. The van der Waals surface area contributed by atoms with Gasteiger partial charge in [-0.15, -0.1) is 0 Å². The number of nitrogens with zero attached hydrogens (tertiary/aromatic N) is 1. The normalized spacial score (nSPS) is 13.9. The summed E-state index contributed by atoms with van der Waals surface area (Å²) in [6.45, 7) is 4.25. The number of carbonyl (C=O) groups excluding carboxylic acids is 2. The topological polar surface area (TPSA) is 108 Å². The number of rotatable bonds is 52. The summed E-state index contributed by atoms with van der Waals surface area (Å²) in [7, 11) is 1.48. The van der Waals surface area contributed by atoms with Gasteiger partial charge in [-0.3, -0.25) is 18.6 Å². The van der Waals surface area contributed by atoms with Crippen molar-refractivity contribution in [2.75, 3.05) is 47.5 Å². The van der Waals surface area contributed by atoms with Crippen LogP contribution in [0, 0.1) is 0 Å². The lowest BCUT2D eigenvalue weighted by atomic mass is 10.0. The molecule has 71 heavy (non-hydrogen) atoms. The van der Waals surface area contributed by atoms with E-state index in [0.29, 0.717) is 17.4 Å². The molecule has 0 saturated carbocycles. The SMILES string of the molecule is CC/C=C\C/C=C\C/C=C\C/C=C\C/C=C\C/C=C\C/C=C\CCCCCCCCCCCCCCCCCCCCCC(=O)OC(COC(=O)CCCCCCCC)COP(=O)(O)OCC[N+](C)(C)C. The average Bonchev–Trinajstić information content (AvgIpc) is 3.33. The van der Waals surface area contributed by atoms with Crippen molar-refractivity contribution in [2.24, 2.45) is 0 Å². The summed E-state index contributed by atoms with van der Waals surface area (Å²) in [5.41, 5.74) is 0. The van der Waals surface area contributed by atoms with Gasteiger partial charge in [-0.25, -0.2) is 4.57 Å². The molecule has 10 heteroatoms. The van der Waals surface area contributed by atoms with Crippen molar-refractivity contribution in [3.63, 3.8) is 0 Å². The number of likely N-dealkylation sites (N-methyl/N-ethyl adjacent to an activating group) is 1. The van der Waals surface area contributed by atoms with Crippen molar-refractivity contribution < 1.29 is 42.1 Å². The van der Waals surface area contributed by atoms with Crippen molar-refractivity contribution in [3.8, 4) is 0 Å². The van der Waals surface area contributed by atoms with Gasteiger partial charge in [0.15, 0.2) is 6.10 Å². The molecule has 9 nitrogen and oxygen atoms in total. The molecule has 0 radical (unpaired) electrons. The molecule has 2 atom stereocenters. The van der Waals surface area contributed by atoms with Gasteiger partial charge in [0.1, 0.15) is 19.8 Å². The third-order valence-corrected chi connectivity index (χ3v) is 13.2. The van der Waals surface area contributed by atoms with Crippen LogP contribution in [0.1, 0.15) is 239 Å². The predicted octanol–water partition coefficient (Wildman–Crippen LogP) is 17.9. The molecule has 1 N–H and O–H groups in total. The molecule has 0 amide bonds. The lowest BCUT2D eigenvalue weighted by molar-refractivity contribution is -0.870. The third-order valence-electron chi connectivity index (χ3n) is 12.2. The molecule has 0 saturated heterocycles. The highest BCUT2D eigenvalue weighted by Gasteiger charge is 2.27. The first kappa shape index (κ1) is 68.2. The molecule has 0 aromatic heterocycles. The smallest absolute Gasteiger partial charge is 0.462 e. The molecule has 0 spiro atoms. The van der Waals surface area contributed by atoms with Crippen molar-refractivity contribution in [2.45, 2.75) is 245 Å². The Balaban J connectivity index is 3.81. The molecule has 0 fully saturated rings. The van der Waals surface area contributed by atoms with Crippen molar-refractivity contribution >= 4 is 19.8 Å². The Bertz CT molecular complexity index is 1470. The van der Waals surface area contributed by atoms with Gasteiger partial charge >= 0.3 is 19.8 Å². The van der Waals surface area contributed by atoms with Crippen LogP contribution in [0.3, 0.4) is 0 Å². The number of carbonyl (C=O) groups is 2. The minimum absolute atomic E-state index is 0.0317. The maximum absolute atomic E-state index is 12.7. The lowest BCUT2D eigenvalue weighted by Crippen LogP contribution is -2.37. The number of ether oxygens (including phenoxy) is 2. The molecule has 2 unspecified atom stereocenters. The second-order valence-corrected chi connectivity index (χ2v) is 21.8. The summed E-state index contributed by atoms with van der Waals surface area (Å²) in [4.78, 5) is 35.2. The Morgan fingerprint density at radius 1 is 0.451 bits per heavy atom. The van der Waals surface area contributed by atoms with Crippen LogP contribution >= 0.6 is 7.82 Å². The fourth-order valence-corrected chi connectivity index (χ4v) is 8.50. The number of phosphoric acid groups is 1. The summed E-state index contributed by atoms with van der Waals surface area (Å²) in [5.74, 6) is -0.803. The molecular formula is C61H109NO8P+. The van der Waals surface area contributed by atoms with E-state index in [-0.39, 0.29) is 32.0 Å². The second-order valence-electron chi connectivity index (χ2n) is 20.3. The van der Waals surface area contributed by atoms with Gasteiger partial charge in [0.2, 0.25) is 0 Å². The van der Waals surface area contributed by atoms with Crippen molar-refractivity contribution in [1.82, 2.24) is 0 Å². The number of allylic oxidation sites excluding steroid dienone is 14. The molecule has 0 aliphatic carbocycles. The number of unbranched alkanes of at least 4 members (excludes halogenated alkanes) is 24. The number of quaternary nitrogens is 1. The Morgan fingerprint density at radius 2 is 0.803 bits per heavy atom. The number of phosphoric ester groups is 1. The summed E-state index contributed by atoms with van der Waals surface area (Å²) < 4.78 is 34.3. The van der Waals surface area contributed by atoms with Crippen LogP contribution in [-0.4, -0.2) is 74.9 Å². The van der Waals surface area contributed by atoms with Crippen LogP contribution in [0.2, 0.25) is 0 Å². The van der Waals surface area contributed by atoms with Crippen LogP contribution in [0.15, 0.2) is 85.1 Å². The van der Waals surface area contributed by atoms with E-state index in [4.69, 9.17) is 18.5 Å². The Labute approximate surface area is 437 Å². The Hall–Kier alpha value is -2.81.